The van der Waals surface area contributed by atoms with E-state index in [1.165, 1.54) is 0 Å². The molecule has 1 saturated carbocycles. The first-order valence-electron chi connectivity index (χ1n) is 11.8. The molecule has 0 saturated heterocycles. The molecule has 3 N–H and O–H groups in total. The lowest BCUT2D eigenvalue weighted by molar-refractivity contribution is -0.142. The summed E-state index contributed by atoms with van der Waals surface area (Å²) in [6.45, 7) is 2.50. The molecule has 0 bridgehead atoms. The van der Waals surface area contributed by atoms with Gasteiger partial charge in [0, 0.05) is 17.2 Å². The molecule has 5 rings (SSSR count). The number of carboxylic acids is 1. The number of nitrogen functional groups attached to an aromatic ring is 1. The van der Waals surface area contributed by atoms with Crippen LogP contribution in [0.25, 0.3) is 22.6 Å². The van der Waals surface area contributed by atoms with Gasteiger partial charge in [-0.05, 0) is 56.9 Å². The second-order valence-electron chi connectivity index (χ2n) is 9.11. The summed E-state index contributed by atoms with van der Waals surface area (Å²) >= 11 is 0. The van der Waals surface area contributed by atoms with Crippen LogP contribution in [0.3, 0.4) is 0 Å². The lowest BCUT2D eigenvalue weighted by Gasteiger charge is -2.25. The number of hydrogen-bond acceptors (Lipinski definition) is 7. The molecule has 0 aliphatic heterocycles. The first kappa shape index (κ1) is 22.6. The number of hydrogen-bond donors (Lipinski definition) is 2. The maximum Gasteiger partial charge on any atom is 0.306 e. The molecule has 0 radical (unpaired) electrons. The van der Waals surface area contributed by atoms with E-state index in [0.29, 0.717) is 36.7 Å². The van der Waals surface area contributed by atoms with Crippen molar-refractivity contribution < 1.29 is 9.90 Å². The van der Waals surface area contributed by atoms with Crippen molar-refractivity contribution in [2.24, 2.45) is 5.92 Å². The number of carboxylic acid groups (broad SMARTS) is 1. The quantitative estimate of drug-likeness (QED) is 0.431. The van der Waals surface area contributed by atoms with E-state index in [9.17, 15) is 9.90 Å². The summed E-state index contributed by atoms with van der Waals surface area (Å²) in [5.74, 6) is -0.449. The summed E-state index contributed by atoms with van der Waals surface area (Å²) in [4.78, 5) is 24.8. The van der Waals surface area contributed by atoms with E-state index in [-0.39, 0.29) is 11.9 Å². The van der Waals surface area contributed by atoms with Crippen molar-refractivity contribution in [3.8, 4) is 22.6 Å². The lowest BCUT2D eigenvalue weighted by atomic mass is 9.80. The molecule has 0 amide bonds. The van der Waals surface area contributed by atoms with Crippen molar-refractivity contribution in [3.63, 3.8) is 0 Å². The molecule has 4 aromatic rings. The summed E-state index contributed by atoms with van der Waals surface area (Å²) in [6, 6.07) is 15.9. The molecule has 1 aliphatic carbocycles. The van der Waals surface area contributed by atoms with Crippen molar-refractivity contribution in [2.75, 3.05) is 5.73 Å². The minimum absolute atomic E-state index is 0.181. The van der Waals surface area contributed by atoms with Gasteiger partial charge in [0.1, 0.15) is 5.69 Å². The third-order valence-corrected chi connectivity index (χ3v) is 6.51. The zero-order valence-corrected chi connectivity index (χ0v) is 19.5. The van der Waals surface area contributed by atoms with Gasteiger partial charge in [0.05, 0.1) is 35.7 Å². The average molecular weight is 470 g/mol. The Bertz CT molecular complexity index is 1360. The molecule has 0 unspecified atom stereocenters. The van der Waals surface area contributed by atoms with Crippen LogP contribution >= 0.6 is 0 Å². The maximum absolute atomic E-state index is 11.2. The molecular formula is C26H27N7O2. The standard InChI is InChI=1S/C26H27N7O2/c1-16-4-2-5-19(12-16)22-13-23(30-26(27)29-22)24-15-33(32-31-24)14-20-6-3-7-21(28-20)17-8-10-18(11-9-17)25(34)35/h2-7,12-13,15,17-18H,8-11,14H2,1H3,(H,34,35)(H2,27,29,30). The molecule has 0 atom stereocenters. The third kappa shape index (κ3) is 5.18. The van der Waals surface area contributed by atoms with Crippen molar-refractivity contribution in [1.29, 1.82) is 0 Å². The van der Waals surface area contributed by atoms with Crippen LogP contribution in [-0.4, -0.2) is 41.0 Å². The van der Waals surface area contributed by atoms with Crippen molar-refractivity contribution in [2.45, 2.75) is 45.1 Å². The van der Waals surface area contributed by atoms with Gasteiger partial charge in [0.25, 0.3) is 0 Å². The van der Waals surface area contributed by atoms with Crippen molar-refractivity contribution in [3.05, 3.63) is 71.7 Å². The van der Waals surface area contributed by atoms with E-state index >= 15 is 0 Å². The average Bonchev–Trinajstić information content (AvgIpc) is 3.32. The molecule has 3 aromatic heterocycles. The van der Waals surface area contributed by atoms with Crippen LogP contribution in [0.2, 0.25) is 0 Å². The summed E-state index contributed by atoms with van der Waals surface area (Å²) in [7, 11) is 0. The van der Waals surface area contributed by atoms with Crippen LogP contribution in [0.15, 0.2) is 54.7 Å². The topological polar surface area (TPSA) is 133 Å². The second-order valence-corrected chi connectivity index (χ2v) is 9.11. The van der Waals surface area contributed by atoms with Crippen LogP contribution in [0.5, 0.6) is 0 Å². The van der Waals surface area contributed by atoms with E-state index in [1.807, 2.05) is 55.6 Å². The Morgan fingerprint density at radius 3 is 2.54 bits per heavy atom. The summed E-state index contributed by atoms with van der Waals surface area (Å²) in [5.41, 5.74) is 11.9. The molecule has 178 valence electrons. The first-order chi connectivity index (χ1) is 16.9. The zero-order chi connectivity index (χ0) is 24.4. The number of pyridine rings is 1. The van der Waals surface area contributed by atoms with Crippen molar-refractivity contribution >= 4 is 11.9 Å². The second kappa shape index (κ2) is 9.61. The van der Waals surface area contributed by atoms with Crippen LogP contribution in [0.1, 0.15) is 48.6 Å². The fourth-order valence-electron chi connectivity index (χ4n) is 4.66. The summed E-state index contributed by atoms with van der Waals surface area (Å²) in [5, 5.41) is 17.8. The maximum atomic E-state index is 11.2. The summed E-state index contributed by atoms with van der Waals surface area (Å²) in [6.07, 6.45) is 4.92. The summed E-state index contributed by atoms with van der Waals surface area (Å²) < 4.78 is 1.73. The van der Waals surface area contributed by atoms with Gasteiger partial charge in [-0.3, -0.25) is 9.78 Å². The van der Waals surface area contributed by atoms with Crippen LogP contribution in [-0.2, 0) is 11.3 Å². The first-order valence-corrected chi connectivity index (χ1v) is 11.8. The van der Waals surface area contributed by atoms with Gasteiger partial charge in [-0.25, -0.2) is 14.6 Å². The molecule has 35 heavy (non-hydrogen) atoms. The Balaban J connectivity index is 1.32. The molecule has 1 aromatic carbocycles. The fraction of sp³-hybridized carbons (Fsp3) is 0.308. The highest BCUT2D eigenvalue weighted by molar-refractivity contribution is 5.70. The smallest absolute Gasteiger partial charge is 0.306 e. The number of aliphatic carboxylic acids is 1. The van der Waals surface area contributed by atoms with Crippen LogP contribution < -0.4 is 5.73 Å². The van der Waals surface area contributed by atoms with E-state index in [2.05, 4.69) is 26.3 Å². The van der Waals surface area contributed by atoms with E-state index in [0.717, 1.165) is 41.1 Å². The Hall–Kier alpha value is -4.14. The third-order valence-electron chi connectivity index (χ3n) is 6.51. The Morgan fingerprint density at radius 1 is 1.00 bits per heavy atom. The monoisotopic (exact) mass is 469 g/mol. The van der Waals surface area contributed by atoms with Gasteiger partial charge in [-0.15, -0.1) is 5.10 Å². The molecule has 3 heterocycles. The van der Waals surface area contributed by atoms with Gasteiger partial charge >= 0.3 is 5.97 Å². The van der Waals surface area contributed by atoms with E-state index in [1.54, 1.807) is 4.68 Å². The largest absolute Gasteiger partial charge is 0.481 e. The number of nitrogens with two attached hydrogens (primary N) is 1. The molecular weight excluding hydrogens is 442 g/mol. The van der Waals surface area contributed by atoms with Gasteiger partial charge in [-0.2, -0.15) is 0 Å². The number of carbonyl (C=O) groups is 1. The van der Waals surface area contributed by atoms with E-state index in [4.69, 9.17) is 10.7 Å². The minimum Gasteiger partial charge on any atom is -0.481 e. The highest BCUT2D eigenvalue weighted by Crippen LogP contribution is 2.35. The molecule has 0 spiro atoms. The number of aromatic nitrogens is 6. The van der Waals surface area contributed by atoms with Gasteiger partial charge in [0.15, 0.2) is 0 Å². The van der Waals surface area contributed by atoms with Crippen LogP contribution in [0, 0.1) is 12.8 Å². The molecule has 9 nitrogen and oxygen atoms in total. The lowest BCUT2D eigenvalue weighted by Crippen LogP contribution is -2.21. The molecule has 9 heteroatoms. The number of aryl methyl sites for hydroxylation is 1. The van der Waals surface area contributed by atoms with Gasteiger partial charge < -0.3 is 10.8 Å². The number of benzene rings is 1. The van der Waals surface area contributed by atoms with E-state index < -0.39 is 5.97 Å². The normalized spacial score (nSPS) is 17.9. The minimum atomic E-state index is -0.691. The predicted octanol–water partition coefficient (Wildman–Crippen LogP) is 4.09. The Morgan fingerprint density at radius 2 is 1.77 bits per heavy atom. The Labute approximate surface area is 203 Å². The van der Waals surface area contributed by atoms with Gasteiger partial charge in [0.2, 0.25) is 5.95 Å². The number of rotatable bonds is 6. The number of nitrogens with zero attached hydrogens (tertiary/aromatic N) is 6. The van der Waals surface area contributed by atoms with Crippen molar-refractivity contribution in [1.82, 2.24) is 29.9 Å². The Kier molecular flexibility index (Phi) is 6.22. The van der Waals surface area contributed by atoms with Crippen LogP contribution in [0.4, 0.5) is 5.95 Å². The fourth-order valence-corrected chi connectivity index (χ4v) is 4.66. The molecule has 1 fully saturated rings. The predicted molar refractivity (Wildman–Crippen MR) is 131 cm³/mol. The van der Waals surface area contributed by atoms with Gasteiger partial charge in [-0.1, -0.05) is 35.0 Å². The highest BCUT2D eigenvalue weighted by Gasteiger charge is 2.27. The number of anilines is 1. The highest BCUT2D eigenvalue weighted by atomic mass is 16.4. The molecule has 1 aliphatic rings. The SMILES string of the molecule is Cc1cccc(-c2cc(-c3cn(Cc4cccc(C5CCC(C(=O)O)CC5)n4)nn3)nc(N)n2)c1. The zero-order valence-electron chi connectivity index (χ0n) is 19.5.